The van der Waals surface area contributed by atoms with Crippen molar-refractivity contribution in [2.45, 2.75) is 0 Å². The Hall–Kier alpha value is -3.75. The standard InChI is InChI=1S/C17H15N5O4/c1-25-16(23)12-7-5-6-10-21(15(12)17(24)26-2)13-8-3-4-9-14(13)22-11-18-19-20-22/h3-11H,1-2H3. The highest BCUT2D eigenvalue weighted by Crippen LogP contribution is 2.30. The van der Waals surface area contributed by atoms with Crippen molar-refractivity contribution >= 4 is 17.6 Å². The van der Waals surface area contributed by atoms with Crippen molar-refractivity contribution in [2.24, 2.45) is 0 Å². The van der Waals surface area contributed by atoms with Crippen LogP contribution in [-0.4, -0.2) is 46.4 Å². The molecule has 1 aromatic carbocycles. The van der Waals surface area contributed by atoms with E-state index in [4.69, 9.17) is 9.47 Å². The van der Waals surface area contributed by atoms with Crippen LogP contribution in [0.15, 0.2) is 66.3 Å². The lowest BCUT2D eigenvalue weighted by atomic mass is 10.1. The molecule has 0 saturated heterocycles. The summed E-state index contributed by atoms with van der Waals surface area (Å²) in [4.78, 5) is 26.2. The van der Waals surface area contributed by atoms with Gasteiger partial charge in [-0.05, 0) is 34.7 Å². The molecule has 0 radical (unpaired) electrons. The highest BCUT2D eigenvalue weighted by molar-refractivity contribution is 6.05. The molecule has 2 aromatic rings. The molecule has 0 saturated carbocycles. The second kappa shape index (κ2) is 7.43. The first kappa shape index (κ1) is 17.1. The van der Waals surface area contributed by atoms with Gasteiger partial charge in [0.05, 0.1) is 31.2 Å². The molecule has 0 aliphatic carbocycles. The smallest absolute Gasteiger partial charge is 0.355 e. The molecular weight excluding hydrogens is 338 g/mol. The highest BCUT2D eigenvalue weighted by Gasteiger charge is 2.28. The molecule has 132 valence electrons. The number of aromatic nitrogens is 4. The van der Waals surface area contributed by atoms with E-state index in [1.54, 1.807) is 36.6 Å². The number of para-hydroxylation sites is 2. The van der Waals surface area contributed by atoms with Crippen LogP contribution in [0.4, 0.5) is 5.69 Å². The minimum atomic E-state index is -0.687. The number of carbonyl (C=O) groups excluding carboxylic acids is 2. The number of ether oxygens (including phenoxy) is 2. The molecule has 3 rings (SSSR count). The fourth-order valence-electron chi connectivity index (χ4n) is 2.48. The quantitative estimate of drug-likeness (QED) is 0.755. The SMILES string of the molecule is COC(=O)C1=C(C(=O)OC)N(c2ccccc2-n2cnnn2)C=CC=C1. The van der Waals surface area contributed by atoms with E-state index in [1.165, 1.54) is 36.2 Å². The zero-order chi connectivity index (χ0) is 18.5. The fourth-order valence-corrected chi connectivity index (χ4v) is 2.48. The second-order valence-corrected chi connectivity index (χ2v) is 5.06. The van der Waals surface area contributed by atoms with Gasteiger partial charge in [0.15, 0.2) is 0 Å². The summed E-state index contributed by atoms with van der Waals surface area (Å²) >= 11 is 0. The first-order valence-electron chi connectivity index (χ1n) is 7.54. The second-order valence-electron chi connectivity index (χ2n) is 5.06. The van der Waals surface area contributed by atoms with Crippen molar-refractivity contribution in [2.75, 3.05) is 19.1 Å². The molecule has 1 aromatic heterocycles. The lowest BCUT2D eigenvalue weighted by molar-refractivity contribution is -0.139. The third-order valence-electron chi connectivity index (χ3n) is 3.63. The number of hydrogen-bond acceptors (Lipinski definition) is 8. The molecule has 0 atom stereocenters. The largest absolute Gasteiger partial charge is 0.465 e. The molecule has 0 unspecified atom stereocenters. The normalized spacial score (nSPS) is 13.5. The van der Waals surface area contributed by atoms with Gasteiger partial charge >= 0.3 is 11.9 Å². The fraction of sp³-hybridized carbons (Fsp3) is 0.118. The van der Waals surface area contributed by atoms with Gasteiger partial charge in [-0.2, -0.15) is 4.68 Å². The molecule has 1 aliphatic rings. The maximum atomic E-state index is 12.5. The Kier molecular flexibility index (Phi) is 4.88. The number of esters is 2. The number of hydrogen-bond donors (Lipinski definition) is 0. The molecule has 0 N–H and O–H groups in total. The minimum absolute atomic E-state index is 0.0184. The van der Waals surface area contributed by atoms with Gasteiger partial charge in [0.2, 0.25) is 0 Å². The van der Waals surface area contributed by atoms with Gasteiger partial charge in [-0.1, -0.05) is 18.2 Å². The van der Waals surface area contributed by atoms with E-state index in [1.807, 2.05) is 6.07 Å². The molecule has 0 amide bonds. The van der Waals surface area contributed by atoms with Crippen LogP contribution in [0.5, 0.6) is 0 Å². The van der Waals surface area contributed by atoms with Gasteiger partial charge in [0.1, 0.15) is 12.0 Å². The summed E-state index contributed by atoms with van der Waals surface area (Å²) in [6.07, 6.45) is 7.89. The summed E-state index contributed by atoms with van der Waals surface area (Å²) in [6.45, 7) is 0. The molecular formula is C17H15N5O4. The Balaban J connectivity index is 2.23. The van der Waals surface area contributed by atoms with Crippen molar-refractivity contribution in [1.82, 2.24) is 20.2 Å². The average Bonchev–Trinajstić information content (AvgIpc) is 3.13. The Morgan fingerprint density at radius 1 is 1.00 bits per heavy atom. The number of tetrazole rings is 1. The van der Waals surface area contributed by atoms with Crippen LogP contribution >= 0.6 is 0 Å². The van der Waals surface area contributed by atoms with E-state index in [9.17, 15) is 9.59 Å². The summed E-state index contributed by atoms with van der Waals surface area (Å²) in [6, 6.07) is 7.15. The number of carbonyl (C=O) groups is 2. The van der Waals surface area contributed by atoms with Crippen molar-refractivity contribution in [1.29, 1.82) is 0 Å². The predicted molar refractivity (Wildman–Crippen MR) is 91.0 cm³/mol. The predicted octanol–water partition coefficient (Wildman–Crippen LogP) is 1.15. The number of methoxy groups -OCH3 is 2. The van der Waals surface area contributed by atoms with Crippen LogP contribution in [-0.2, 0) is 19.1 Å². The van der Waals surface area contributed by atoms with E-state index in [0.29, 0.717) is 11.4 Å². The maximum Gasteiger partial charge on any atom is 0.355 e. The van der Waals surface area contributed by atoms with Gasteiger partial charge < -0.3 is 14.4 Å². The molecule has 0 fully saturated rings. The summed E-state index contributed by atoms with van der Waals surface area (Å²) in [5, 5.41) is 11.2. The molecule has 0 bridgehead atoms. The van der Waals surface area contributed by atoms with Crippen LogP contribution in [0.3, 0.4) is 0 Å². The number of rotatable bonds is 4. The van der Waals surface area contributed by atoms with E-state index in [0.717, 1.165) is 0 Å². The summed E-state index contributed by atoms with van der Waals surface area (Å²) in [5.41, 5.74) is 1.26. The third-order valence-corrected chi connectivity index (χ3v) is 3.63. The number of benzene rings is 1. The average molecular weight is 353 g/mol. The Labute approximate surface area is 148 Å². The lowest BCUT2D eigenvalue weighted by Gasteiger charge is -2.24. The molecule has 2 heterocycles. The number of nitrogens with zero attached hydrogens (tertiary/aromatic N) is 5. The van der Waals surface area contributed by atoms with E-state index >= 15 is 0 Å². The Bertz CT molecular complexity index is 915. The molecule has 9 heteroatoms. The van der Waals surface area contributed by atoms with Crippen molar-refractivity contribution < 1.29 is 19.1 Å². The van der Waals surface area contributed by atoms with Gasteiger partial charge in [0.25, 0.3) is 0 Å². The van der Waals surface area contributed by atoms with E-state index in [-0.39, 0.29) is 11.3 Å². The number of anilines is 1. The van der Waals surface area contributed by atoms with Gasteiger partial charge in [-0.25, -0.2) is 9.59 Å². The Morgan fingerprint density at radius 2 is 1.73 bits per heavy atom. The zero-order valence-electron chi connectivity index (χ0n) is 14.1. The molecule has 26 heavy (non-hydrogen) atoms. The zero-order valence-corrected chi connectivity index (χ0v) is 14.1. The molecule has 1 aliphatic heterocycles. The van der Waals surface area contributed by atoms with Crippen molar-refractivity contribution in [3.63, 3.8) is 0 Å². The topological polar surface area (TPSA) is 99.4 Å². The van der Waals surface area contributed by atoms with Crippen LogP contribution in [0.1, 0.15) is 0 Å². The van der Waals surface area contributed by atoms with Crippen molar-refractivity contribution in [3.05, 3.63) is 66.3 Å². The van der Waals surface area contributed by atoms with Crippen LogP contribution in [0.25, 0.3) is 5.69 Å². The lowest BCUT2D eigenvalue weighted by Crippen LogP contribution is -2.27. The third kappa shape index (κ3) is 3.09. The van der Waals surface area contributed by atoms with Crippen LogP contribution in [0.2, 0.25) is 0 Å². The van der Waals surface area contributed by atoms with Crippen LogP contribution < -0.4 is 4.90 Å². The van der Waals surface area contributed by atoms with Gasteiger partial charge in [0, 0.05) is 6.20 Å². The monoisotopic (exact) mass is 353 g/mol. The van der Waals surface area contributed by atoms with Gasteiger partial charge in [-0.15, -0.1) is 5.10 Å². The maximum absolute atomic E-state index is 12.5. The molecule has 0 spiro atoms. The Morgan fingerprint density at radius 3 is 2.38 bits per heavy atom. The summed E-state index contributed by atoms with van der Waals surface area (Å²) < 4.78 is 11.2. The highest BCUT2D eigenvalue weighted by atomic mass is 16.5. The molecule has 9 nitrogen and oxygen atoms in total. The van der Waals surface area contributed by atoms with E-state index in [2.05, 4.69) is 15.5 Å². The first-order valence-corrected chi connectivity index (χ1v) is 7.54. The van der Waals surface area contributed by atoms with Gasteiger partial charge in [-0.3, -0.25) is 0 Å². The van der Waals surface area contributed by atoms with Crippen LogP contribution in [0, 0.1) is 0 Å². The van der Waals surface area contributed by atoms with Crippen molar-refractivity contribution in [3.8, 4) is 5.69 Å². The minimum Gasteiger partial charge on any atom is -0.465 e. The number of allylic oxidation sites excluding steroid dienone is 2. The van der Waals surface area contributed by atoms with E-state index < -0.39 is 11.9 Å². The summed E-state index contributed by atoms with van der Waals surface area (Å²) in [5.74, 6) is -1.34. The summed E-state index contributed by atoms with van der Waals surface area (Å²) in [7, 11) is 2.49. The first-order chi connectivity index (χ1) is 12.7.